The second kappa shape index (κ2) is 8.76. The van der Waals surface area contributed by atoms with Crippen molar-refractivity contribution in [1.29, 1.82) is 0 Å². The van der Waals surface area contributed by atoms with E-state index in [0.29, 0.717) is 15.6 Å². The number of benzene rings is 2. The predicted octanol–water partition coefficient (Wildman–Crippen LogP) is 5.49. The van der Waals surface area contributed by atoms with Crippen LogP contribution in [-0.4, -0.2) is 19.0 Å². The molecular formula is C19H20Cl2N2O. The Labute approximate surface area is 152 Å². The van der Waals surface area contributed by atoms with Crippen LogP contribution in [0.1, 0.15) is 19.4 Å². The maximum absolute atomic E-state index is 12.0. The van der Waals surface area contributed by atoms with Gasteiger partial charge in [0.25, 0.3) is 0 Å². The monoisotopic (exact) mass is 362 g/mol. The molecule has 5 heteroatoms. The lowest BCUT2D eigenvalue weighted by atomic mass is 10.2. The molecule has 1 N–H and O–H groups in total. The third-order valence-corrected chi connectivity index (χ3v) is 4.32. The first kappa shape index (κ1) is 18.4. The van der Waals surface area contributed by atoms with Crippen LogP contribution in [0.15, 0.2) is 48.5 Å². The zero-order valence-electron chi connectivity index (χ0n) is 13.7. The fraction of sp³-hybridized carbons (Fsp3) is 0.211. The minimum absolute atomic E-state index is 0.235. The van der Waals surface area contributed by atoms with Gasteiger partial charge in [0.1, 0.15) is 0 Å². The zero-order chi connectivity index (χ0) is 17.5. The summed E-state index contributed by atoms with van der Waals surface area (Å²) in [5.41, 5.74) is 2.51. The third kappa shape index (κ3) is 4.76. The number of nitrogens with zero attached hydrogens (tertiary/aromatic N) is 1. The van der Waals surface area contributed by atoms with E-state index in [2.05, 4.69) is 24.1 Å². The van der Waals surface area contributed by atoms with E-state index in [1.165, 1.54) is 6.08 Å². The van der Waals surface area contributed by atoms with Gasteiger partial charge in [-0.15, -0.1) is 0 Å². The Morgan fingerprint density at radius 2 is 1.62 bits per heavy atom. The summed E-state index contributed by atoms with van der Waals surface area (Å²) in [5, 5.41) is 3.84. The Kier molecular flexibility index (Phi) is 6.71. The Morgan fingerprint density at radius 1 is 1.04 bits per heavy atom. The van der Waals surface area contributed by atoms with E-state index in [4.69, 9.17) is 23.2 Å². The highest BCUT2D eigenvalue weighted by Crippen LogP contribution is 2.25. The summed E-state index contributed by atoms with van der Waals surface area (Å²) in [7, 11) is 0. The quantitative estimate of drug-likeness (QED) is 0.688. The van der Waals surface area contributed by atoms with Crippen LogP contribution in [0.25, 0.3) is 6.08 Å². The first-order chi connectivity index (χ1) is 11.5. The van der Waals surface area contributed by atoms with Crippen LogP contribution < -0.4 is 10.2 Å². The van der Waals surface area contributed by atoms with Gasteiger partial charge in [0.15, 0.2) is 0 Å². The summed E-state index contributed by atoms with van der Waals surface area (Å²) in [5.74, 6) is -0.235. The number of anilines is 2. The fourth-order valence-electron chi connectivity index (χ4n) is 2.36. The topological polar surface area (TPSA) is 32.3 Å². The van der Waals surface area contributed by atoms with Crippen LogP contribution >= 0.6 is 23.2 Å². The molecular weight excluding hydrogens is 343 g/mol. The largest absolute Gasteiger partial charge is 0.372 e. The van der Waals surface area contributed by atoms with Crippen molar-refractivity contribution in [1.82, 2.24) is 0 Å². The summed E-state index contributed by atoms with van der Waals surface area (Å²) in [4.78, 5) is 14.3. The van der Waals surface area contributed by atoms with E-state index >= 15 is 0 Å². The number of hydrogen-bond donors (Lipinski definition) is 1. The number of rotatable bonds is 6. The minimum Gasteiger partial charge on any atom is -0.372 e. The molecule has 126 valence electrons. The molecule has 0 saturated carbocycles. The Morgan fingerprint density at radius 3 is 2.17 bits per heavy atom. The average molecular weight is 363 g/mol. The van der Waals surface area contributed by atoms with E-state index in [1.807, 2.05) is 24.3 Å². The molecule has 0 fully saturated rings. The number of halogens is 2. The molecule has 3 nitrogen and oxygen atoms in total. The van der Waals surface area contributed by atoms with Gasteiger partial charge in [-0.05, 0) is 56.3 Å². The van der Waals surface area contributed by atoms with Crippen molar-refractivity contribution in [3.63, 3.8) is 0 Å². The molecule has 0 aliphatic rings. The van der Waals surface area contributed by atoms with Crippen LogP contribution in [-0.2, 0) is 4.79 Å². The number of carbonyl (C=O) groups excluding carboxylic acids is 1. The molecule has 24 heavy (non-hydrogen) atoms. The van der Waals surface area contributed by atoms with Crippen molar-refractivity contribution in [2.24, 2.45) is 0 Å². The molecule has 2 aromatic rings. The molecule has 0 atom stereocenters. The molecule has 0 unspecified atom stereocenters. The van der Waals surface area contributed by atoms with Crippen LogP contribution in [0.2, 0.25) is 10.0 Å². The molecule has 2 rings (SSSR count). The van der Waals surface area contributed by atoms with E-state index in [9.17, 15) is 4.79 Å². The molecule has 2 aromatic carbocycles. The summed E-state index contributed by atoms with van der Waals surface area (Å²) in [6.45, 7) is 6.13. The SMILES string of the molecule is CCN(CC)c1ccc(NC(=O)C=Cc2c(Cl)cccc2Cl)cc1. The summed E-state index contributed by atoms with van der Waals surface area (Å²) >= 11 is 12.2. The molecule has 0 aromatic heterocycles. The second-order valence-corrected chi connectivity index (χ2v) is 5.99. The Hall–Kier alpha value is -1.97. The molecule has 0 bridgehead atoms. The highest BCUT2D eigenvalue weighted by atomic mass is 35.5. The van der Waals surface area contributed by atoms with E-state index in [0.717, 1.165) is 24.5 Å². The molecule has 0 aliphatic heterocycles. The normalized spacial score (nSPS) is 10.8. The van der Waals surface area contributed by atoms with Gasteiger partial charge in [-0.1, -0.05) is 29.3 Å². The molecule has 0 spiro atoms. The predicted molar refractivity (Wildman–Crippen MR) is 104 cm³/mol. The van der Waals surface area contributed by atoms with Gasteiger partial charge < -0.3 is 10.2 Å². The van der Waals surface area contributed by atoms with Crippen molar-refractivity contribution >= 4 is 46.6 Å². The molecule has 1 amide bonds. The van der Waals surface area contributed by atoms with Crippen LogP contribution in [0.3, 0.4) is 0 Å². The van der Waals surface area contributed by atoms with Crippen LogP contribution in [0.5, 0.6) is 0 Å². The highest BCUT2D eigenvalue weighted by molar-refractivity contribution is 6.37. The number of carbonyl (C=O) groups is 1. The number of amides is 1. The van der Waals surface area contributed by atoms with Gasteiger partial charge in [0.05, 0.1) is 0 Å². The molecule has 0 saturated heterocycles. The van der Waals surface area contributed by atoms with Crippen molar-refractivity contribution < 1.29 is 4.79 Å². The summed E-state index contributed by atoms with van der Waals surface area (Å²) in [6, 6.07) is 13.0. The van der Waals surface area contributed by atoms with E-state index < -0.39 is 0 Å². The van der Waals surface area contributed by atoms with Crippen molar-refractivity contribution in [2.75, 3.05) is 23.3 Å². The summed E-state index contributed by atoms with van der Waals surface area (Å²) < 4.78 is 0. The Balaban J connectivity index is 2.03. The molecule has 0 heterocycles. The van der Waals surface area contributed by atoms with Gasteiger partial charge in [-0.3, -0.25) is 4.79 Å². The van der Waals surface area contributed by atoms with Gasteiger partial charge in [-0.2, -0.15) is 0 Å². The Bertz CT molecular complexity index is 702. The smallest absolute Gasteiger partial charge is 0.248 e. The lowest BCUT2D eigenvalue weighted by molar-refractivity contribution is -0.111. The minimum atomic E-state index is -0.235. The van der Waals surface area contributed by atoms with Gasteiger partial charge in [0, 0.05) is 46.1 Å². The van der Waals surface area contributed by atoms with Crippen molar-refractivity contribution in [2.45, 2.75) is 13.8 Å². The zero-order valence-corrected chi connectivity index (χ0v) is 15.2. The summed E-state index contributed by atoms with van der Waals surface area (Å²) in [6.07, 6.45) is 3.04. The lowest BCUT2D eigenvalue weighted by Crippen LogP contribution is -2.21. The standard InChI is InChI=1S/C19H20Cl2N2O/c1-3-23(4-2)15-10-8-14(9-11-15)22-19(24)13-12-16-17(20)6-5-7-18(16)21/h5-13H,3-4H2,1-2H3,(H,22,24). The van der Waals surface area contributed by atoms with Gasteiger partial charge in [0.2, 0.25) is 5.91 Å². The van der Waals surface area contributed by atoms with Crippen LogP contribution in [0, 0.1) is 0 Å². The number of nitrogens with one attached hydrogen (secondary N) is 1. The first-order valence-corrected chi connectivity index (χ1v) is 8.58. The molecule has 0 radical (unpaired) electrons. The average Bonchev–Trinajstić information content (AvgIpc) is 2.57. The maximum atomic E-state index is 12.0. The van der Waals surface area contributed by atoms with Gasteiger partial charge in [-0.25, -0.2) is 0 Å². The van der Waals surface area contributed by atoms with E-state index in [-0.39, 0.29) is 5.91 Å². The van der Waals surface area contributed by atoms with Crippen molar-refractivity contribution in [3.05, 3.63) is 64.1 Å². The first-order valence-electron chi connectivity index (χ1n) is 7.83. The third-order valence-electron chi connectivity index (χ3n) is 3.66. The lowest BCUT2D eigenvalue weighted by Gasteiger charge is -2.21. The van der Waals surface area contributed by atoms with Crippen molar-refractivity contribution in [3.8, 4) is 0 Å². The molecule has 0 aliphatic carbocycles. The fourth-order valence-corrected chi connectivity index (χ4v) is 2.88. The van der Waals surface area contributed by atoms with Gasteiger partial charge >= 0.3 is 0 Å². The van der Waals surface area contributed by atoms with Crippen LogP contribution in [0.4, 0.5) is 11.4 Å². The maximum Gasteiger partial charge on any atom is 0.248 e. The number of hydrogen-bond acceptors (Lipinski definition) is 2. The van der Waals surface area contributed by atoms with E-state index in [1.54, 1.807) is 24.3 Å². The second-order valence-electron chi connectivity index (χ2n) is 5.18. The highest BCUT2D eigenvalue weighted by Gasteiger charge is 2.04.